The molecule has 0 aliphatic carbocycles. The van der Waals surface area contributed by atoms with Crippen LogP contribution in [0.5, 0.6) is 0 Å². The molecule has 1 unspecified atom stereocenters. The maximum atomic E-state index is 13.8. The Morgan fingerprint density at radius 1 is 1.35 bits per heavy atom. The van der Waals surface area contributed by atoms with Gasteiger partial charge in [0.2, 0.25) is 16.2 Å². The van der Waals surface area contributed by atoms with E-state index in [4.69, 9.17) is 11.6 Å². The zero-order valence-corrected chi connectivity index (χ0v) is 18.5. The molecule has 164 valence electrons. The Labute approximate surface area is 188 Å². The molecule has 1 atom stereocenters. The number of nitrogens with zero attached hydrogens (tertiary/aromatic N) is 4. The molecule has 2 aliphatic rings. The largest absolute Gasteiger partial charge is 0.357 e. The Balaban J connectivity index is 1.27. The Kier molecular flexibility index (Phi) is 6.49. The number of aromatic nitrogens is 2. The first-order valence-electron chi connectivity index (χ1n) is 9.98. The fraction of sp³-hybridized carbons (Fsp3) is 0.400. The van der Waals surface area contributed by atoms with Crippen molar-refractivity contribution in [3.63, 3.8) is 0 Å². The summed E-state index contributed by atoms with van der Waals surface area (Å²) in [4.78, 5) is 14.6. The maximum Gasteiger partial charge on any atom is 0.230 e. The van der Waals surface area contributed by atoms with Crippen LogP contribution in [0.25, 0.3) is 0 Å². The van der Waals surface area contributed by atoms with Crippen molar-refractivity contribution in [2.75, 3.05) is 23.7 Å². The maximum absolute atomic E-state index is 13.8. The van der Waals surface area contributed by atoms with Crippen molar-refractivity contribution in [1.82, 2.24) is 20.5 Å². The molecule has 2 aliphatic heterocycles. The van der Waals surface area contributed by atoms with E-state index in [1.165, 1.54) is 29.5 Å². The number of rotatable bonds is 6. The van der Waals surface area contributed by atoms with Gasteiger partial charge >= 0.3 is 0 Å². The van der Waals surface area contributed by atoms with Gasteiger partial charge in [-0.05, 0) is 55.7 Å². The van der Waals surface area contributed by atoms with Crippen molar-refractivity contribution in [2.45, 2.75) is 37.9 Å². The van der Waals surface area contributed by atoms with Gasteiger partial charge in [-0.3, -0.25) is 15.1 Å². The fourth-order valence-electron chi connectivity index (χ4n) is 3.67. The molecule has 8 nitrogen and oxygen atoms in total. The first kappa shape index (κ1) is 21.7. The van der Waals surface area contributed by atoms with Gasteiger partial charge in [-0.15, -0.1) is 10.2 Å². The number of allylic oxidation sites excluding steroid dienone is 1. The summed E-state index contributed by atoms with van der Waals surface area (Å²) >= 11 is 7.13. The molecule has 1 fully saturated rings. The zero-order valence-electron chi connectivity index (χ0n) is 16.9. The van der Waals surface area contributed by atoms with Crippen LogP contribution in [0.3, 0.4) is 0 Å². The number of benzene rings is 1. The summed E-state index contributed by atoms with van der Waals surface area (Å²) in [6, 6.07) is 4.41. The summed E-state index contributed by atoms with van der Waals surface area (Å²) in [5.41, 5.74) is 3.15. The lowest BCUT2D eigenvalue weighted by atomic mass is 10.0. The topological polar surface area (TPSA) is 94.5 Å². The van der Waals surface area contributed by atoms with E-state index in [0.717, 1.165) is 25.9 Å². The summed E-state index contributed by atoms with van der Waals surface area (Å²) < 4.78 is 13.8. The first-order chi connectivity index (χ1) is 14.9. The number of piperidine rings is 1. The van der Waals surface area contributed by atoms with Crippen LogP contribution < -0.4 is 16.1 Å². The fourth-order valence-corrected chi connectivity index (χ4v) is 4.60. The molecule has 31 heavy (non-hydrogen) atoms. The van der Waals surface area contributed by atoms with Crippen molar-refractivity contribution in [3.8, 4) is 0 Å². The van der Waals surface area contributed by atoms with Crippen LogP contribution in [0.4, 0.5) is 14.7 Å². The Morgan fingerprint density at radius 3 is 2.87 bits per heavy atom. The highest BCUT2D eigenvalue weighted by molar-refractivity contribution is 7.19. The number of halogens is 2. The van der Waals surface area contributed by atoms with Gasteiger partial charge in [0.25, 0.3) is 0 Å². The predicted octanol–water partition coefficient (Wildman–Crippen LogP) is 3.25. The number of carbonyl (C=O) groups is 1. The minimum atomic E-state index is -0.468. The number of hydrogen-bond donors (Lipinski definition) is 3. The summed E-state index contributed by atoms with van der Waals surface area (Å²) in [7, 11) is 0. The summed E-state index contributed by atoms with van der Waals surface area (Å²) in [5, 5.41) is 19.8. The van der Waals surface area contributed by atoms with Gasteiger partial charge in [0.15, 0.2) is 0 Å². The van der Waals surface area contributed by atoms with Gasteiger partial charge in [0.1, 0.15) is 11.5 Å². The van der Waals surface area contributed by atoms with Crippen LogP contribution >= 0.6 is 22.9 Å². The normalized spacial score (nSPS) is 21.6. The number of nitrogens with one attached hydrogen (secondary N) is 3. The van der Waals surface area contributed by atoms with Crippen LogP contribution in [0, 0.1) is 5.82 Å². The monoisotopic (exact) mass is 463 g/mol. The Hall–Kier alpha value is -2.56. The molecule has 0 radical (unpaired) electrons. The van der Waals surface area contributed by atoms with Crippen LogP contribution in [-0.2, 0) is 11.2 Å². The van der Waals surface area contributed by atoms with Crippen molar-refractivity contribution >= 4 is 45.3 Å². The summed E-state index contributed by atoms with van der Waals surface area (Å²) in [6.45, 7) is 3.94. The number of amides is 1. The molecular formula is C20H23ClFN7OS. The quantitative estimate of drug-likeness (QED) is 0.608. The van der Waals surface area contributed by atoms with Crippen LogP contribution in [0.2, 0.25) is 5.02 Å². The second-order valence-electron chi connectivity index (χ2n) is 7.68. The smallest absolute Gasteiger partial charge is 0.230 e. The van der Waals surface area contributed by atoms with E-state index in [0.29, 0.717) is 15.3 Å². The molecule has 1 saturated heterocycles. The lowest BCUT2D eigenvalue weighted by Crippen LogP contribution is -2.57. The van der Waals surface area contributed by atoms with Crippen LogP contribution in [0.15, 0.2) is 35.5 Å². The van der Waals surface area contributed by atoms with E-state index in [9.17, 15) is 9.18 Å². The number of hydrogen-bond acceptors (Lipinski definition) is 8. The molecule has 2 aromatic rings. The third-order valence-electron chi connectivity index (χ3n) is 5.38. The minimum Gasteiger partial charge on any atom is -0.357 e. The highest BCUT2D eigenvalue weighted by Gasteiger charge is 2.33. The van der Waals surface area contributed by atoms with E-state index in [1.54, 1.807) is 6.21 Å². The number of anilines is 2. The predicted molar refractivity (Wildman–Crippen MR) is 121 cm³/mol. The van der Waals surface area contributed by atoms with Gasteiger partial charge in [-0.25, -0.2) is 4.39 Å². The molecule has 1 aromatic carbocycles. The molecule has 0 bridgehead atoms. The van der Waals surface area contributed by atoms with Crippen molar-refractivity contribution in [2.24, 2.45) is 5.10 Å². The van der Waals surface area contributed by atoms with Crippen molar-refractivity contribution < 1.29 is 9.18 Å². The lowest BCUT2D eigenvalue weighted by molar-refractivity contribution is -0.115. The SMILES string of the molecule is CC1(N2CCC(Nc3nnc(NC(=O)Cc4cc(Cl)ccc4F)s3)CC2)C=CC=NN1. The second-order valence-corrected chi connectivity index (χ2v) is 9.09. The van der Waals surface area contributed by atoms with E-state index in [1.807, 2.05) is 6.08 Å². The molecule has 1 amide bonds. The Morgan fingerprint density at radius 2 is 2.13 bits per heavy atom. The van der Waals surface area contributed by atoms with E-state index in [2.05, 4.69) is 49.3 Å². The third kappa shape index (κ3) is 5.38. The summed E-state index contributed by atoms with van der Waals surface area (Å²) in [5.74, 6) is -0.841. The lowest BCUT2D eigenvalue weighted by Gasteiger charge is -2.43. The van der Waals surface area contributed by atoms with E-state index in [-0.39, 0.29) is 29.6 Å². The average molecular weight is 464 g/mol. The van der Waals surface area contributed by atoms with Crippen LogP contribution in [0.1, 0.15) is 25.3 Å². The van der Waals surface area contributed by atoms with Gasteiger partial charge in [0, 0.05) is 30.4 Å². The molecule has 1 aromatic heterocycles. The molecule has 0 saturated carbocycles. The van der Waals surface area contributed by atoms with E-state index >= 15 is 0 Å². The van der Waals surface area contributed by atoms with Crippen molar-refractivity contribution in [1.29, 1.82) is 0 Å². The zero-order chi connectivity index (χ0) is 21.8. The summed E-state index contributed by atoms with van der Waals surface area (Å²) in [6.07, 6.45) is 7.58. The van der Waals surface area contributed by atoms with Crippen LogP contribution in [-0.4, -0.2) is 52.0 Å². The second kappa shape index (κ2) is 9.29. The molecular weight excluding hydrogens is 441 g/mol. The highest BCUT2D eigenvalue weighted by Crippen LogP contribution is 2.26. The highest BCUT2D eigenvalue weighted by atomic mass is 35.5. The third-order valence-corrected chi connectivity index (χ3v) is 6.39. The minimum absolute atomic E-state index is 0.126. The molecule has 11 heteroatoms. The van der Waals surface area contributed by atoms with Gasteiger partial charge in [0.05, 0.1) is 6.42 Å². The van der Waals surface area contributed by atoms with Gasteiger partial charge < -0.3 is 10.6 Å². The molecule has 0 spiro atoms. The number of hydrazone groups is 1. The standard InChI is InChI=1S/C20H23ClFN7OS/c1-20(7-2-8-23-28-20)29-9-5-15(6-10-29)24-18-26-27-19(31-18)25-17(30)12-13-11-14(21)3-4-16(13)22/h2-4,7-8,11,15,28H,5-6,9-10,12H2,1H3,(H,24,26)(H,25,27,30). The van der Waals surface area contributed by atoms with E-state index < -0.39 is 5.82 Å². The molecule has 3 N–H and O–H groups in total. The Bertz CT molecular complexity index is 1010. The first-order valence-corrected chi connectivity index (χ1v) is 11.2. The molecule has 4 rings (SSSR count). The number of carbonyl (C=O) groups excluding carboxylic acids is 1. The van der Waals surface area contributed by atoms with Gasteiger partial charge in [-0.1, -0.05) is 22.9 Å². The van der Waals surface area contributed by atoms with Gasteiger partial charge in [-0.2, -0.15) is 5.10 Å². The average Bonchev–Trinajstić information content (AvgIpc) is 3.18. The van der Waals surface area contributed by atoms with Crippen molar-refractivity contribution in [3.05, 3.63) is 46.8 Å². The number of likely N-dealkylation sites (tertiary alicyclic amines) is 1. The molecule has 3 heterocycles.